The Balaban J connectivity index is 2.17. The molecule has 0 fully saturated rings. The number of halogens is 4. The van der Waals surface area contributed by atoms with Crippen LogP contribution in [0.25, 0.3) is 0 Å². The molecule has 0 aliphatic rings. The summed E-state index contributed by atoms with van der Waals surface area (Å²) in [7, 11) is -4.12. The molecule has 2 aromatic carbocycles. The summed E-state index contributed by atoms with van der Waals surface area (Å²) in [6, 6.07) is 8.17. The van der Waals surface area contributed by atoms with Crippen LogP contribution >= 0.6 is 46.4 Å². The minimum absolute atomic E-state index is 0.0143. The van der Waals surface area contributed by atoms with Gasteiger partial charge in [-0.2, -0.15) is 0 Å². The SMILES string of the molecule is O=C(NNS(=O)(=O)c1cc(Cl)c(Cl)cc1Cl)c1ccc(Cl)cc1. The molecule has 0 aliphatic carbocycles. The summed E-state index contributed by atoms with van der Waals surface area (Å²) in [5.74, 6) is -0.665. The first-order valence-electron chi connectivity index (χ1n) is 5.93. The molecule has 122 valence electrons. The van der Waals surface area contributed by atoms with E-state index < -0.39 is 15.9 Å². The molecule has 2 aromatic rings. The number of hydrazine groups is 1. The molecule has 0 heterocycles. The van der Waals surface area contributed by atoms with Gasteiger partial charge in [-0.05, 0) is 36.4 Å². The summed E-state index contributed by atoms with van der Waals surface area (Å²) in [6.07, 6.45) is 0. The molecule has 0 bridgehead atoms. The first kappa shape index (κ1) is 18.3. The van der Waals surface area contributed by atoms with Gasteiger partial charge in [0, 0.05) is 10.6 Å². The van der Waals surface area contributed by atoms with E-state index in [0.717, 1.165) is 6.07 Å². The van der Waals surface area contributed by atoms with Gasteiger partial charge in [0.1, 0.15) is 4.90 Å². The third kappa shape index (κ3) is 4.50. The van der Waals surface area contributed by atoms with Crippen molar-refractivity contribution in [3.05, 3.63) is 62.1 Å². The smallest absolute Gasteiger partial charge is 0.266 e. The summed E-state index contributed by atoms with van der Waals surface area (Å²) < 4.78 is 24.3. The van der Waals surface area contributed by atoms with Crippen molar-refractivity contribution < 1.29 is 13.2 Å². The molecule has 23 heavy (non-hydrogen) atoms. The van der Waals surface area contributed by atoms with E-state index in [-0.39, 0.29) is 25.5 Å². The Kier molecular flexibility index (Phi) is 5.78. The van der Waals surface area contributed by atoms with Gasteiger partial charge in [0.2, 0.25) is 0 Å². The topological polar surface area (TPSA) is 75.3 Å². The molecule has 2 rings (SSSR count). The summed E-state index contributed by atoms with van der Waals surface area (Å²) in [4.78, 5) is 13.5. The Hall–Kier alpha value is -1.02. The number of hydrogen-bond acceptors (Lipinski definition) is 3. The van der Waals surface area contributed by atoms with Crippen LogP contribution in [0.2, 0.25) is 20.1 Å². The van der Waals surface area contributed by atoms with Crippen LogP contribution in [0.15, 0.2) is 41.3 Å². The lowest BCUT2D eigenvalue weighted by atomic mass is 10.2. The van der Waals surface area contributed by atoms with Crippen LogP contribution < -0.4 is 10.3 Å². The average Bonchev–Trinajstić information content (AvgIpc) is 2.49. The van der Waals surface area contributed by atoms with Crippen LogP contribution in [-0.4, -0.2) is 14.3 Å². The maximum Gasteiger partial charge on any atom is 0.266 e. The first-order chi connectivity index (χ1) is 10.7. The van der Waals surface area contributed by atoms with Gasteiger partial charge in [0.25, 0.3) is 15.9 Å². The highest BCUT2D eigenvalue weighted by Crippen LogP contribution is 2.31. The van der Waals surface area contributed by atoms with Gasteiger partial charge in [-0.15, -0.1) is 4.83 Å². The number of nitrogens with one attached hydrogen (secondary N) is 2. The molecule has 0 radical (unpaired) electrons. The molecule has 0 spiro atoms. The Morgan fingerprint density at radius 3 is 2.04 bits per heavy atom. The minimum atomic E-state index is -4.12. The zero-order valence-corrected chi connectivity index (χ0v) is 14.9. The van der Waals surface area contributed by atoms with Crippen LogP contribution in [-0.2, 0) is 10.0 Å². The van der Waals surface area contributed by atoms with Crippen LogP contribution in [0.3, 0.4) is 0 Å². The van der Waals surface area contributed by atoms with Crippen LogP contribution in [0.1, 0.15) is 10.4 Å². The molecular formula is C13H8Cl4N2O3S. The summed E-state index contributed by atoms with van der Waals surface area (Å²) in [5, 5.41) is 0.443. The fraction of sp³-hybridized carbons (Fsp3) is 0. The second-order valence-electron chi connectivity index (χ2n) is 4.26. The van der Waals surface area contributed by atoms with E-state index in [9.17, 15) is 13.2 Å². The fourth-order valence-corrected chi connectivity index (χ4v) is 3.52. The quantitative estimate of drug-likeness (QED) is 0.589. The van der Waals surface area contributed by atoms with Gasteiger partial charge < -0.3 is 0 Å². The van der Waals surface area contributed by atoms with Gasteiger partial charge in [-0.3, -0.25) is 10.2 Å². The molecule has 1 amide bonds. The van der Waals surface area contributed by atoms with E-state index in [0.29, 0.717) is 5.02 Å². The highest BCUT2D eigenvalue weighted by Gasteiger charge is 2.21. The molecule has 0 unspecified atom stereocenters. The van der Waals surface area contributed by atoms with Gasteiger partial charge in [-0.25, -0.2) is 8.42 Å². The standard InChI is InChI=1S/C13H8Cl4N2O3S/c14-8-3-1-7(2-4-8)13(20)18-19-23(21,22)12-6-10(16)9(15)5-11(12)17/h1-6,19H,(H,18,20). The molecule has 5 nitrogen and oxygen atoms in total. The van der Waals surface area contributed by atoms with E-state index in [1.54, 1.807) is 0 Å². The van der Waals surface area contributed by atoms with Crippen molar-refractivity contribution in [2.24, 2.45) is 0 Å². The Bertz CT molecular complexity index is 854. The summed E-state index contributed by atoms with van der Waals surface area (Å²) in [6.45, 7) is 0. The zero-order chi connectivity index (χ0) is 17.2. The van der Waals surface area contributed by atoms with Crippen molar-refractivity contribution in [1.29, 1.82) is 0 Å². The maximum atomic E-state index is 12.2. The van der Waals surface area contributed by atoms with Crippen LogP contribution in [0.4, 0.5) is 0 Å². The zero-order valence-electron chi connectivity index (χ0n) is 11.1. The number of carbonyl (C=O) groups is 1. The van der Waals surface area contributed by atoms with Crippen molar-refractivity contribution in [2.45, 2.75) is 4.90 Å². The second-order valence-corrected chi connectivity index (χ2v) is 7.57. The number of carbonyl (C=O) groups excluding carboxylic acids is 1. The van der Waals surface area contributed by atoms with Gasteiger partial charge >= 0.3 is 0 Å². The first-order valence-corrected chi connectivity index (χ1v) is 8.92. The van der Waals surface area contributed by atoms with E-state index in [4.69, 9.17) is 46.4 Å². The van der Waals surface area contributed by atoms with Crippen molar-refractivity contribution in [3.63, 3.8) is 0 Å². The number of hydrogen-bond donors (Lipinski definition) is 2. The van der Waals surface area contributed by atoms with Crippen molar-refractivity contribution in [1.82, 2.24) is 10.3 Å². The van der Waals surface area contributed by atoms with Crippen LogP contribution in [0.5, 0.6) is 0 Å². The normalized spacial score (nSPS) is 11.3. The highest BCUT2D eigenvalue weighted by molar-refractivity contribution is 7.89. The molecule has 0 saturated carbocycles. The Labute approximate surface area is 152 Å². The van der Waals surface area contributed by atoms with E-state index in [1.807, 2.05) is 4.83 Å². The second kappa shape index (κ2) is 7.25. The number of benzene rings is 2. The summed E-state index contributed by atoms with van der Waals surface area (Å²) >= 11 is 23.1. The monoisotopic (exact) mass is 412 g/mol. The fourth-order valence-electron chi connectivity index (χ4n) is 1.55. The predicted octanol–water partition coefficient (Wildman–Crippen LogP) is 3.92. The van der Waals surface area contributed by atoms with Gasteiger partial charge in [0.15, 0.2) is 0 Å². The van der Waals surface area contributed by atoms with Crippen molar-refractivity contribution in [3.8, 4) is 0 Å². The number of rotatable bonds is 4. The third-order valence-electron chi connectivity index (χ3n) is 2.67. The third-order valence-corrected chi connectivity index (χ3v) is 5.36. The minimum Gasteiger partial charge on any atom is -0.273 e. The molecule has 0 aromatic heterocycles. The van der Waals surface area contributed by atoms with E-state index in [1.165, 1.54) is 30.3 Å². The molecule has 0 aliphatic heterocycles. The molecule has 0 atom stereocenters. The predicted molar refractivity (Wildman–Crippen MR) is 90.7 cm³/mol. The highest BCUT2D eigenvalue weighted by atomic mass is 35.5. The number of amides is 1. The lowest BCUT2D eigenvalue weighted by Crippen LogP contribution is -2.41. The van der Waals surface area contributed by atoms with Crippen molar-refractivity contribution >= 4 is 62.3 Å². The van der Waals surface area contributed by atoms with E-state index >= 15 is 0 Å². The van der Waals surface area contributed by atoms with Crippen LogP contribution in [0, 0.1) is 0 Å². The van der Waals surface area contributed by atoms with Crippen molar-refractivity contribution in [2.75, 3.05) is 0 Å². The lowest BCUT2D eigenvalue weighted by molar-refractivity contribution is 0.0945. The largest absolute Gasteiger partial charge is 0.273 e. The lowest BCUT2D eigenvalue weighted by Gasteiger charge is -2.10. The maximum absolute atomic E-state index is 12.2. The number of sulfonamides is 1. The Morgan fingerprint density at radius 2 is 1.43 bits per heavy atom. The van der Waals surface area contributed by atoms with Gasteiger partial charge in [0.05, 0.1) is 15.1 Å². The summed E-state index contributed by atoms with van der Waals surface area (Å²) in [5.41, 5.74) is 2.28. The van der Waals surface area contributed by atoms with E-state index in [2.05, 4.69) is 5.43 Å². The molecular weight excluding hydrogens is 406 g/mol. The molecule has 0 saturated heterocycles. The molecule has 10 heteroatoms. The average molecular weight is 414 g/mol. The Morgan fingerprint density at radius 1 is 0.870 bits per heavy atom. The molecule has 2 N–H and O–H groups in total. The van der Waals surface area contributed by atoms with Gasteiger partial charge in [-0.1, -0.05) is 46.4 Å².